The normalized spacial score (nSPS) is 20.7. The van der Waals surface area contributed by atoms with Gasteiger partial charge in [-0.2, -0.15) is 0 Å². The van der Waals surface area contributed by atoms with Crippen LogP contribution in [0.25, 0.3) is 0 Å². The third-order valence-corrected chi connectivity index (χ3v) is 6.21. The van der Waals surface area contributed by atoms with Gasteiger partial charge in [-0.05, 0) is 18.6 Å². The number of hydrogen-bond acceptors (Lipinski definition) is 10. The minimum absolute atomic E-state index is 0.0209. The summed E-state index contributed by atoms with van der Waals surface area (Å²) in [5.74, 6) is -4.64. The van der Waals surface area contributed by atoms with Crippen LogP contribution in [0.1, 0.15) is 26.0 Å². The Morgan fingerprint density at radius 2 is 2.09 bits per heavy atom. The van der Waals surface area contributed by atoms with Crippen LogP contribution in [0.15, 0.2) is 39.2 Å². The van der Waals surface area contributed by atoms with Crippen molar-refractivity contribution in [2.45, 2.75) is 37.8 Å². The maximum Gasteiger partial charge on any atom is 0.352 e. The van der Waals surface area contributed by atoms with Crippen LogP contribution < -0.4 is 5.32 Å². The molecule has 0 spiro atoms. The van der Waals surface area contributed by atoms with Crippen LogP contribution >= 0.6 is 11.8 Å². The second-order valence-corrected chi connectivity index (χ2v) is 8.26. The van der Waals surface area contributed by atoms with Gasteiger partial charge < -0.3 is 29.5 Å². The molecular weight excluding hydrogens is 474 g/mol. The molecule has 2 amide bonds. The maximum absolute atomic E-state index is 12.9. The molecule has 182 valence electrons. The van der Waals surface area contributed by atoms with Gasteiger partial charge in [0.1, 0.15) is 23.7 Å². The third kappa shape index (κ3) is 5.06. The van der Waals surface area contributed by atoms with E-state index in [2.05, 4.69) is 10.5 Å². The first-order chi connectivity index (χ1) is 16.1. The molecule has 0 aromatic carbocycles. The minimum Gasteiger partial charge on any atom is -0.478 e. The second-order valence-electron chi connectivity index (χ2n) is 7.16. The number of esters is 1. The van der Waals surface area contributed by atoms with Crippen LogP contribution in [0.4, 0.5) is 0 Å². The van der Waals surface area contributed by atoms with Crippen molar-refractivity contribution in [3.05, 3.63) is 35.4 Å². The predicted octanol–water partition coefficient (Wildman–Crippen LogP) is 0.165. The average molecular weight is 495 g/mol. The Balaban J connectivity index is 1.78. The van der Waals surface area contributed by atoms with Gasteiger partial charge >= 0.3 is 17.9 Å². The van der Waals surface area contributed by atoms with Gasteiger partial charge in [0.05, 0.1) is 6.26 Å². The summed E-state index contributed by atoms with van der Waals surface area (Å²) in [5.41, 5.74) is -0.426. The number of carboxylic acids is 2. The van der Waals surface area contributed by atoms with Gasteiger partial charge in [0.15, 0.2) is 5.76 Å². The van der Waals surface area contributed by atoms with E-state index >= 15 is 0 Å². The van der Waals surface area contributed by atoms with Crippen LogP contribution in [-0.4, -0.2) is 80.4 Å². The molecule has 1 aromatic rings. The van der Waals surface area contributed by atoms with Gasteiger partial charge in [-0.1, -0.05) is 12.1 Å². The van der Waals surface area contributed by atoms with E-state index < -0.39 is 47.2 Å². The van der Waals surface area contributed by atoms with Gasteiger partial charge in [0.2, 0.25) is 11.8 Å². The zero-order valence-electron chi connectivity index (χ0n) is 18.0. The van der Waals surface area contributed by atoms with E-state index in [1.54, 1.807) is 6.92 Å². The highest BCUT2D eigenvalue weighted by Crippen LogP contribution is 2.40. The molecule has 2 aliphatic rings. The molecule has 3 N–H and O–H groups in total. The lowest BCUT2D eigenvalue weighted by atomic mass is 10.0. The molecule has 0 bridgehead atoms. The van der Waals surface area contributed by atoms with E-state index in [-0.39, 0.29) is 41.5 Å². The van der Waals surface area contributed by atoms with Gasteiger partial charge in [-0.25, -0.2) is 9.59 Å². The number of aliphatic carboxylic acids is 2. The lowest BCUT2D eigenvalue weighted by Crippen LogP contribution is -2.71. The highest BCUT2D eigenvalue weighted by atomic mass is 32.2. The fourth-order valence-electron chi connectivity index (χ4n) is 3.21. The van der Waals surface area contributed by atoms with Gasteiger partial charge in [0.25, 0.3) is 11.8 Å². The lowest BCUT2D eigenvalue weighted by Gasteiger charge is -2.49. The fourth-order valence-corrected chi connectivity index (χ4v) is 4.54. The first kappa shape index (κ1) is 24.8. The summed E-state index contributed by atoms with van der Waals surface area (Å²) in [6.07, 6.45) is 0.0566. The van der Waals surface area contributed by atoms with Crippen molar-refractivity contribution in [1.82, 2.24) is 10.2 Å². The predicted molar refractivity (Wildman–Crippen MR) is 114 cm³/mol. The molecule has 0 radical (unpaired) electrons. The highest BCUT2D eigenvalue weighted by Gasteiger charge is 2.54. The summed E-state index contributed by atoms with van der Waals surface area (Å²) in [6, 6.07) is 1.80. The van der Waals surface area contributed by atoms with Gasteiger partial charge in [-0.15, -0.1) is 11.8 Å². The van der Waals surface area contributed by atoms with E-state index in [0.717, 1.165) is 4.90 Å². The lowest BCUT2D eigenvalue weighted by molar-refractivity contribution is -0.151. The first-order valence-electron chi connectivity index (χ1n) is 10.00. The van der Waals surface area contributed by atoms with Crippen molar-refractivity contribution >= 4 is 47.2 Å². The molecule has 1 unspecified atom stereocenters. The van der Waals surface area contributed by atoms with E-state index in [1.165, 1.54) is 37.1 Å². The number of fused-ring (bicyclic) bond motifs is 1. The topological polar surface area (TPSA) is 185 Å². The zero-order chi connectivity index (χ0) is 25.0. The zero-order valence-corrected chi connectivity index (χ0v) is 18.9. The van der Waals surface area contributed by atoms with E-state index in [1.807, 2.05) is 0 Å². The Bertz CT molecular complexity index is 1060. The summed E-state index contributed by atoms with van der Waals surface area (Å²) in [6.45, 7) is 2.47. The molecule has 2 aliphatic heterocycles. The number of ether oxygens (including phenoxy) is 1. The number of β-lactam (4-membered cyclic amide) rings is 1. The maximum atomic E-state index is 12.9. The number of carbonyl (C=O) groups is 5. The molecule has 0 saturated carbocycles. The number of nitrogens with one attached hydrogen (secondary N) is 1. The van der Waals surface area contributed by atoms with Crippen molar-refractivity contribution in [3.8, 4) is 0 Å². The molecule has 13 nitrogen and oxygen atoms in total. The summed E-state index contributed by atoms with van der Waals surface area (Å²) in [5, 5.41) is 24.1. The Morgan fingerprint density at radius 1 is 1.35 bits per heavy atom. The molecule has 3 atom stereocenters. The summed E-state index contributed by atoms with van der Waals surface area (Å²) in [7, 11) is 0. The quantitative estimate of drug-likeness (QED) is 0.174. The molecule has 3 heterocycles. The van der Waals surface area contributed by atoms with Crippen molar-refractivity contribution in [2.75, 3.05) is 12.4 Å². The molecule has 1 saturated heterocycles. The van der Waals surface area contributed by atoms with Crippen molar-refractivity contribution < 1.29 is 48.2 Å². The van der Waals surface area contributed by atoms with Gasteiger partial charge in [-0.3, -0.25) is 19.3 Å². The summed E-state index contributed by atoms with van der Waals surface area (Å²) < 4.78 is 10.1. The highest BCUT2D eigenvalue weighted by molar-refractivity contribution is 8.00. The van der Waals surface area contributed by atoms with Crippen molar-refractivity contribution in [3.63, 3.8) is 0 Å². The van der Waals surface area contributed by atoms with Crippen molar-refractivity contribution in [1.29, 1.82) is 0 Å². The number of furan rings is 1. The van der Waals surface area contributed by atoms with Crippen LogP contribution in [0.2, 0.25) is 0 Å². The molecule has 3 rings (SSSR count). The average Bonchev–Trinajstić information content (AvgIpc) is 3.32. The summed E-state index contributed by atoms with van der Waals surface area (Å²) in [4.78, 5) is 65.7. The number of amides is 2. The SMILES string of the molecule is CCC(ON=C(C(=O)N[C@@H]1C(=O)N2C(C(=O)O)=C(COC(C)=O)CS[C@H]12)c1ccco1)C(=O)O. The number of oxime groups is 1. The van der Waals surface area contributed by atoms with Crippen LogP contribution in [-0.2, 0) is 33.5 Å². The molecule has 34 heavy (non-hydrogen) atoms. The first-order valence-corrected chi connectivity index (χ1v) is 11.0. The van der Waals surface area contributed by atoms with Crippen LogP contribution in [0.3, 0.4) is 0 Å². The monoisotopic (exact) mass is 495 g/mol. The second kappa shape index (κ2) is 10.4. The largest absolute Gasteiger partial charge is 0.478 e. The number of thioether (sulfide) groups is 1. The Kier molecular flexibility index (Phi) is 7.61. The molecular formula is C20H21N3O10S. The molecule has 1 aromatic heterocycles. The Labute approximate surface area is 196 Å². The number of nitrogens with zero attached hydrogens (tertiary/aromatic N) is 2. The van der Waals surface area contributed by atoms with Crippen molar-refractivity contribution in [2.24, 2.45) is 5.16 Å². The number of carboxylic acid groups (broad SMARTS) is 2. The molecule has 14 heteroatoms. The Hall–Kier alpha value is -3.81. The summed E-state index contributed by atoms with van der Waals surface area (Å²) >= 11 is 1.19. The standard InChI is InChI=1S/C20H21N3O10S/c1-3-11(19(27)28)33-22-13(12-5-4-6-31-12)16(25)21-14-17(26)23-15(20(29)30)10(7-32-9(2)24)8-34-18(14)23/h4-6,11,14,18H,3,7-8H2,1-2H3,(H,21,25)(H,27,28)(H,29,30)/t11?,14-,18-/m1/s1. The molecule has 1 fully saturated rings. The van der Waals surface area contributed by atoms with E-state index in [9.17, 15) is 29.1 Å². The van der Waals surface area contributed by atoms with E-state index in [4.69, 9.17) is 19.1 Å². The van der Waals surface area contributed by atoms with E-state index in [0.29, 0.717) is 0 Å². The number of hydrogen-bond donors (Lipinski definition) is 3. The molecule has 0 aliphatic carbocycles. The number of rotatable bonds is 10. The minimum atomic E-state index is -1.36. The van der Waals surface area contributed by atoms with Crippen LogP contribution in [0, 0.1) is 0 Å². The number of carbonyl (C=O) groups excluding carboxylic acids is 3. The van der Waals surface area contributed by atoms with Crippen LogP contribution in [0.5, 0.6) is 0 Å². The Morgan fingerprint density at radius 3 is 2.65 bits per heavy atom. The third-order valence-electron chi connectivity index (χ3n) is 4.87. The smallest absolute Gasteiger partial charge is 0.352 e. The fraction of sp³-hybridized carbons (Fsp3) is 0.400. The van der Waals surface area contributed by atoms with Gasteiger partial charge in [0, 0.05) is 18.2 Å².